The predicted octanol–water partition coefficient (Wildman–Crippen LogP) is 5.60. The Morgan fingerprint density at radius 3 is 2.61 bits per heavy atom. The highest BCUT2D eigenvalue weighted by molar-refractivity contribution is 6.05. The Kier molecular flexibility index (Phi) is 4.77. The minimum absolute atomic E-state index is 0.0761. The monoisotopic (exact) mass is 485 g/mol. The minimum atomic E-state index is -0.989. The van der Waals surface area contributed by atoms with Gasteiger partial charge in [0.25, 0.3) is 0 Å². The van der Waals surface area contributed by atoms with Crippen molar-refractivity contribution in [3.63, 3.8) is 0 Å². The van der Waals surface area contributed by atoms with Crippen LogP contribution in [0.4, 0.5) is 4.39 Å². The van der Waals surface area contributed by atoms with Crippen LogP contribution in [-0.4, -0.2) is 49.2 Å². The van der Waals surface area contributed by atoms with Crippen molar-refractivity contribution in [1.82, 2.24) is 14.7 Å². The van der Waals surface area contributed by atoms with Crippen LogP contribution in [0, 0.1) is 5.82 Å². The average Bonchev–Trinajstić information content (AvgIpc) is 3.50. The molecule has 3 saturated heterocycles. The third-order valence-electron chi connectivity index (χ3n) is 8.89. The average molecular weight is 486 g/mol. The first-order chi connectivity index (χ1) is 17.5. The van der Waals surface area contributed by atoms with Gasteiger partial charge in [-0.1, -0.05) is 30.7 Å². The van der Waals surface area contributed by atoms with Gasteiger partial charge in [0.1, 0.15) is 11.4 Å². The molecule has 3 atom stereocenters. The number of carboxylic acid groups (broad SMARTS) is 1. The summed E-state index contributed by atoms with van der Waals surface area (Å²) in [4.78, 5) is 27.9. The molecule has 1 aromatic heterocycles. The summed E-state index contributed by atoms with van der Waals surface area (Å²) in [5, 5.41) is 14.0. The van der Waals surface area contributed by atoms with Gasteiger partial charge in [0.2, 0.25) is 0 Å². The quantitative estimate of drug-likeness (QED) is 0.460. The SMILES string of the molecule is O=C(O)c1cnn(-c2cccc(-c3cccc(C(=O)C45CCC6CCCC(C4)N65)c3F)c2)c1C1CC1. The number of nitrogens with zero attached hydrogens (tertiary/aromatic N) is 3. The lowest BCUT2D eigenvalue weighted by molar-refractivity contribution is -0.0668. The highest BCUT2D eigenvalue weighted by atomic mass is 19.1. The van der Waals surface area contributed by atoms with Crippen molar-refractivity contribution in [2.45, 2.75) is 74.9 Å². The number of Topliss-reactive ketones (excluding diaryl/α,β-unsaturated/α-hetero) is 1. The van der Waals surface area contributed by atoms with E-state index in [9.17, 15) is 14.7 Å². The van der Waals surface area contributed by atoms with Crippen molar-refractivity contribution in [2.75, 3.05) is 0 Å². The van der Waals surface area contributed by atoms with Gasteiger partial charge in [-0.2, -0.15) is 5.10 Å². The zero-order chi connectivity index (χ0) is 24.6. The molecule has 1 saturated carbocycles. The van der Waals surface area contributed by atoms with Gasteiger partial charge in [0.05, 0.1) is 28.7 Å². The molecular weight excluding hydrogens is 457 g/mol. The van der Waals surface area contributed by atoms with E-state index in [-0.39, 0.29) is 22.8 Å². The second-order valence-corrected chi connectivity index (χ2v) is 10.9. The standard InChI is InChI=1S/C29H28FN3O3/c30-25-22(8-3-9-23(25)27(34)29-13-12-19-5-2-7-21(15-29)32(19)29)18-4-1-6-20(14-18)33-26(17-10-11-17)24(16-31-33)28(35)36/h1,3-4,6,8-9,14,16-17,19,21H,2,5,7,10-13,15H2,(H,35,36). The first kappa shape index (κ1) is 21.9. The lowest BCUT2D eigenvalue weighted by Gasteiger charge is -2.58. The van der Waals surface area contributed by atoms with E-state index in [0.29, 0.717) is 34.6 Å². The van der Waals surface area contributed by atoms with Crippen LogP contribution in [0.1, 0.15) is 83.7 Å². The minimum Gasteiger partial charge on any atom is -0.478 e. The summed E-state index contributed by atoms with van der Waals surface area (Å²) in [6, 6.07) is 13.4. The molecule has 3 aliphatic heterocycles. The van der Waals surface area contributed by atoms with E-state index in [1.807, 2.05) is 24.3 Å². The smallest absolute Gasteiger partial charge is 0.339 e. The van der Waals surface area contributed by atoms with E-state index in [1.165, 1.54) is 12.6 Å². The van der Waals surface area contributed by atoms with E-state index in [1.54, 1.807) is 22.9 Å². The van der Waals surface area contributed by atoms with Gasteiger partial charge in [-0.05, 0) is 68.7 Å². The Bertz CT molecular complexity index is 1410. The molecule has 7 heteroatoms. The lowest BCUT2D eigenvalue weighted by Crippen LogP contribution is -2.69. The maximum atomic E-state index is 16.0. The maximum absolute atomic E-state index is 16.0. The molecular formula is C29H28FN3O3. The van der Waals surface area contributed by atoms with Gasteiger partial charge in [-0.3, -0.25) is 9.69 Å². The number of aromatic nitrogens is 2. The molecule has 0 spiro atoms. The van der Waals surface area contributed by atoms with Crippen LogP contribution >= 0.6 is 0 Å². The fourth-order valence-corrected chi connectivity index (χ4v) is 7.16. The number of carboxylic acids is 1. The number of piperidine rings is 1. The van der Waals surface area contributed by atoms with Crippen LogP contribution < -0.4 is 0 Å². The zero-order valence-electron chi connectivity index (χ0n) is 20.0. The zero-order valence-corrected chi connectivity index (χ0v) is 20.0. The first-order valence-corrected chi connectivity index (χ1v) is 13.0. The van der Waals surface area contributed by atoms with E-state index in [0.717, 1.165) is 44.9 Å². The maximum Gasteiger partial charge on any atom is 0.339 e. The second kappa shape index (κ2) is 7.84. The van der Waals surface area contributed by atoms with Gasteiger partial charge >= 0.3 is 5.97 Å². The highest BCUT2D eigenvalue weighted by Crippen LogP contribution is 2.55. The van der Waals surface area contributed by atoms with Crippen LogP contribution in [0.5, 0.6) is 0 Å². The number of aromatic carboxylic acids is 1. The molecule has 4 heterocycles. The van der Waals surface area contributed by atoms with E-state index in [2.05, 4.69) is 10.00 Å². The lowest BCUT2D eigenvalue weighted by atomic mass is 9.71. The summed E-state index contributed by atoms with van der Waals surface area (Å²) in [6.07, 6.45) is 9.46. The Morgan fingerprint density at radius 2 is 1.81 bits per heavy atom. The van der Waals surface area contributed by atoms with Crippen molar-refractivity contribution in [1.29, 1.82) is 0 Å². The topological polar surface area (TPSA) is 75.4 Å². The highest BCUT2D eigenvalue weighted by Gasteiger charge is 2.63. The molecule has 3 unspecified atom stereocenters. The van der Waals surface area contributed by atoms with E-state index >= 15 is 4.39 Å². The number of halogens is 1. The van der Waals surface area contributed by atoms with Crippen molar-refractivity contribution >= 4 is 11.8 Å². The predicted molar refractivity (Wildman–Crippen MR) is 132 cm³/mol. The Hall–Kier alpha value is -3.32. The van der Waals surface area contributed by atoms with Crippen LogP contribution in [-0.2, 0) is 0 Å². The molecule has 0 amide bonds. The Labute approximate surface area is 208 Å². The van der Waals surface area contributed by atoms with Gasteiger partial charge in [-0.15, -0.1) is 0 Å². The van der Waals surface area contributed by atoms with Crippen molar-refractivity contribution in [3.8, 4) is 16.8 Å². The van der Waals surface area contributed by atoms with Crippen molar-refractivity contribution in [2.24, 2.45) is 0 Å². The molecule has 3 aromatic rings. The van der Waals surface area contributed by atoms with Crippen LogP contribution in [0.2, 0.25) is 0 Å². The van der Waals surface area contributed by atoms with Crippen molar-refractivity contribution in [3.05, 3.63) is 71.3 Å². The molecule has 2 aromatic carbocycles. The third-order valence-corrected chi connectivity index (χ3v) is 8.89. The number of carbonyl (C=O) groups excluding carboxylic acids is 1. The fourth-order valence-electron chi connectivity index (χ4n) is 7.16. The summed E-state index contributed by atoms with van der Waals surface area (Å²) in [5.41, 5.74) is 2.26. The molecule has 0 radical (unpaired) electrons. The van der Waals surface area contributed by atoms with Crippen molar-refractivity contribution < 1.29 is 19.1 Å². The first-order valence-electron chi connectivity index (χ1n) is 13.0. The number of rotatable bonds is 6. The van der Waals surface area contributed by atoms with Crippen LogP contribution in [0.25, 0.3) is 16.8 Å². The fraction of sp³-hybridized carbons (Fsp3) is 0.414. The Balaban J connectivity index is 1.25. The molecule has 1 N–H and O–H groups in total. The van der Waals surface area contributed by atoms with Gasteiger partial charge < -0.3 is 5.11 Å². The van der Waals surface area contributed by atoms with Crippen LogP contribution in [0.15, 0.2) is 48.7 Å². The van der Waals surface area contributed by atoms with Gasteiger partial charge in [-0.25, -0.2) is 13.9 Å². The number of carbonyl (C=O) groups is 2. The number of benzene rings is 2. The molecule has 6 nitrogen and oxygen atoms in total. The van der Waals surface area contributed by atoms with E-state index < -0.39 is 17.3 Å². The molecule has 4 fully saturated rings. The van der Waals surface area contributed by atoms with Crippen LogP contribution in [0.3, 0.4) is 0 Å². The second-order valence-electron chi connectivity index (χ2n) is 10.9. The molecule has 7 rings (SSSR count). The van der Waals surface area contributed by atoms with E-state index in [4.69, 9.17) is 0 Å². The molecule has 1 aliphatic carbocycles. The molecule has 36 heavy (non-hydrogen) atoms. The largest absolute Gasteiger partial charge is 0.478 e. The molecule has 0 bridgehead atoms. The number of ketones is 1. The Morgan fingerprint density at radius 1 is 1.00 bits per heavy atom. The molecule has 184 valence electrons. The molecule has 4 aliphatic rings. The van der Waals surface area contributed by atoms with Gasteiger partial charge in [0, 0.05) is 23.6 Å². The van der Waals surface area contributed by atoms with Gasteiger partial charge in [0.15, 0.2) is 5.78 Å². The summed E-state index contributed by atoms with van der Waals surface area (Å²) in [6.45, 7) is 0. The summed E-state index contributed by atoms with van der Waals surface area (Å²) >= 11 is 0. The normalized spacial score (nSPS) is 26.9. The number of hydrogen-bond donors (Lipinski definition) is 1. The number of hydrogen-bond acceptors (Lipinski definition) is 4. The summed E-state index contributed by atoms with van der Waals surface area (Å²) < 4.78 is 17.7. The summed E-state index contributed by atoms with van der Waals surface area (Å²) in [5.74, 6) is -1.37. The summed E-state index contributed by atoms with van der Waals surface area (Å²) in [7, 11) is 0. The third kappa shape index (κ3) is 3.08.